The zero-order chi connectivity index (χ0) is 24.3. The van der Waals surface area contributed by atoms with E-state index >= 15 is 0 Å². The summed E-state index contributed by atoms with van der Waals surface area (Å²) in [5, 5.41) is 5.81. The standard InChI is InChI=1S/C29H38N6/c1-18(2)27-24-14-22(21-8-12-34(13-9-21)23-10-11-33(5)15-23)6-7-26(24)32-28(27)25-16-35-29(30-17-31-35)20(4)19(25)3/h6-7,14,16-18,21,23,32H,8-13,15H2,1-5H3. The number of rotatable bonds is 4. The first kappa shape index (κ1) is 22.7. The Kier molecular flexibility index (Phi) is 5.69. The quantitative estimate of drug-likeness (QED) is 0.428. The molecule has 5 heterocycles. The van der Waals surface area contributed by atoms with Gasteiger partial charge in [-0.25, -0.2) is 9.50 Å². The van der Waals surface area contributed by atoms with E-state index in [1.807, 2.05) is 4.52 Å². The molecule has 0 amide bonds. The van der Waals surface area contributed by atoms with Crippen molar-refractivity contribution >= 4 is 16.6 Å². The summed E-state index contributed by atoms with van der Waals surface area (Å²) in [6.45, 7) is 13.9. The molecule has 2 aliphatic heterocycles. The average molecular weight is 471 g/mol. The zero-order valence-electron chi connectivity index (χ0n) is 21.8. The third-order valence-electron chi connectivity index (χ3n) is 8.72. The van der Waals surface area contributed by atoms with Gasteiger partial charge in [-0.2, -0.15) is 5.10 Å². The van der Waals surface area contributed by atoms with Gasteiger partial charge in [0.05, 0.1) is 5.69 Å². The van der Waals surface area contributed by atoms with Crippen molar-refractivity contribution < 1.29 is 0 Å². The highest BCUT2D eigenvalue weighted by Gasteiger charge is 2.30. The van der Waals surface area contributed by atoms with Gasteiger partial charge in [0.25, 0.3) is 0 Å². The highest BCUT2D eigenvalue weighted by Crippen LogP contribution is 2.40. The maximum Gasteiger partial charge on any atom is 0.158 e. The number of benzene rings is 1. The maximum absolute atomic E-state index is 4.45. The van der Waals surface area contributed by atoms with E-state index in [0.717, 1.165) is 11.7 Å². The third kappa shape index (κ3) is 3.87. The molecule has 0 radical (unpaired) electrons. The van der Waals surface area contributed by atoms with Crippen LogP contribution in [0, 0.1) is 13.8 Å². The number of hydrogen-bond acceptors (Lipinski definition) is 4. The first-order valence-corrected chi connectivity index (χ1v) is 13.3. The van der Waals surface area contributed by atoms with Gasteiger partial charge in [0.1, 0.15) is 6.33 Å². The van der Waals surface area contributed by atoms with E-state index in [9.17, 15) is 0 Å². The van der Waals surface area contributed by atoms with E-state index in [-0.39, 0.29) is 0 Å². The first-order valence-electron chi connectivity index (χ1n) is 13.3. The molecule has 3 aromatic heterocycles. The Balaban J connectivity index is 1.34. The summed E-state index contributed by atoms with van der Waals surface area (Å²) in [6, 6.07) is 7.94. The second-order valence-electron chi connectivity index (χ2n) is 11.2. The topological polar surface area (TPSA) is 52.5 Å². The van der Waals surface area contributed by atoms with Crippen molar-refractivity contribution in [3.63, 3.8) is 0 Å². The second-order valence-corrected chi connectivity index (χ2v) is 11.2. The molecule has 6 rings (SSSR count). The van der Waals surface area contributed by atoms with Crippen LogP contribution < -0.4 is 0 Å². The normalized spacial score (nSPS) is 20.7. The van der Waals surface area contributed by atoms with Gasteiger partial charge in [-0.3, -0.25) is 4.90 Å². The fourth-order valence-corrected chi connectivity index (χ4v) is 6.56. The monoisotopic (exact) mass is 470 g/mol. The lowest BCUT2D eigenvalue weighted by Crippen LogP contribution is -2.42. The Labute approximate surface area is 208 Å². The minimum atomic E-state index is 0.418. The van der Waals surface area contributed by atoms with Gasteiger partial charge in [-0.15, -0.1) is 0 Å². The van der Waals surface area contributed by atoms with Gasteiger partial charge in [0.2, 0.25) is 0 Å². The van der Waals surface area contributed by atoms with Crippen LogP contribution >= 0.6 is 0 Å². The summed E-state index contributed by atoms with van der Waals surface area (Å²) < 4.78 is 1.91. The van der Waals surface area contributed by atoms with Gasteiger partial charge in [0.15, 0.2) is 5.65 Å². The number of aromatic amines is 1. The van der Waals surface area contributed by atoms with Crippen molar-refractivity contribution in [3.8, 4) is 11.3 Å². The molecule has 6 heteroatoms. The minimum Gasteiger partial charge on any atom is -0.354 e. The Morgan fingerprint density at radius 1 is 1.03 bits per heavy atom. The summed E-state index contributed by atoms with van der Waals surface area (Å²) in [4.78, 5) is 13.5. The van der Waals surface area contributed by atoms with Crippen molar-refractivity contribution in [2.45, 2.75) is 64.8 Å². The second kappa shape index (κ2) is 8.75. The van der Waals surface area contributed by atoms with Crippen LogP contribution in [0.25, 0.3) is 27.8 Å². The summed E-state index contributed by atoms with van der Waals surface area (Å²) in [7, 11) is 2.26. The predicted octanol–water partition coefficient (Wildman–Crippen LogP) is 5.50. The van der Waals surface area contributed by atoms with E-state index in [1.54, 1.807) is 6.33 Å². The Hall–Kier alpha value is -2.70. The van der Waals surface area contributed by atoms with Crippen LogP contribution in [0.1, 0.15) is 67.2 Å². The van der Waals surface area contributed by atoms with Crippen LogP contribution in [0.15, 0.2) is 30.7 Å². The van der Waals surface area contributed by atoms with Crippen LogP contribution in [0.4, 0.5) is 0 Å². The molecular formula is C29H38N6. The molecule has 2 aliphatic rings. The summed E-state index contributed by atoms with van der Waals surface area (Å²) >= 11 is 0. The minimum absolute atomic E-state index is 0.418. The summed E-state index contributed by atoms with van der Waals surface area (Å²) in [5.74, 6) is 1.07. The first-order chi connectivity index (χ1) is 16.9. The van der Waals surface area contributed by atoms with Crippen LogP contribution in [0.5, 0.6) is 0 Å². The molecule has 1 aromatic carbocycles. The Morgan fingerprint density at radius 2 is 1.83 bits per heavy atom. The summed E-state index contributed by atoms with van der Waals surface area (Å²) in [6.07, 6.45) is 7.64. The van der Waals surface area contributed by atoms with E-state index in [2.05, 4.69) is 84.0 Å². The lowest BCUT2D eigenvalue weighted by Gasteiger charge is -2.36. The van der Waals surface area contributed by atoms with Crippen LogP contribution in [0.3, 0.4) is 0 Å². The fraction of sp³-hybridized carbons (Fsp3) is 0.517. The number of aromatic nitrogens is 4. The number of fused-ring (bicyclic) bond motifs is 2. The van der Waals surface area contributed by atoms with Crippen molar-refractivity contribution in [1.29, 1.82) is 0 Å². The highest BCUT2D eigenvalue weighted by molar-refractivity contribution is 5.92. The number of hydrogen-bond donors (Lipinski definition) is 1. The predicted molar refractivity (Wildman–Crippen MR) is 143 cm³/mol. The van der Waals surface area contributed by atoms with Crippen LogP contribution in [-0.4, -0.2) is 68.7 Å². The van der Waals surface area contributed by atoms with Crippen LogP contribution in [-0.2, 0) is 0 Å². The largest absolute Gasteiger partial charge is 0.354 e. The van der Waals surface area contributed by atoms with Crippen molar-refractivity contribution in [3.05, 3.63) is 53.0 Å². The maximum atomic E-state index is 4.45. The van der Waals surface area contributed by atoms with Crippen molar-refractivity contribution in [2.24, 2.45) is 0 Å². The van der Waals surface area contributed by atoms with E-state index in [1.165, 1.54) is 89.9 Å². The smallest absolute Gasteiger partial charge is 0.158 e. The lowest BCUT2D eigenvalue weighted by molar-refractivity contribution is 0.154. The van der Waals surface area contributed by atoms with Gasteiger partial charge >= 0.3 is 0 Å². The van der Waals surface area contributed by atoms with Crippen molar-refractivity contribution in [1.82, 2.24) is 29.4 Å². The Bertz CT molecular complexity index is 1370. The number of likely N-dealkylation sites (tertiary alicyclic amines) is 2. The van der Waals surface area contributed by atoms with Gasteiger partial charge in [0, 0.05) is 35.2 Å². The number of aryl methyl sites for hydroxylation is 1. The average Bonchev–Trinajstić information content (AvgIpc) is 3.59. The Morgan fingerprint density at radius 3 is 2.54 bits per heavy atom. The molecule has 35 heavy (non-hydrogen) atoms. The number of H-pyrrole nitrogens is 1. The summed E-state index contributed by atoms with van der Waals surface area (Å²) in [5.41, 5.74) is 9.99. The van der Waals surface area contributed by atoms with Crippen molar-refractivity contribution in [2.75, 3.05) is 33.2 Å². The number of pyridine rings is 1. The molecule has 0 bridgehead atoms. The van der Waals surface area contributed by atoms with E-state index in [4.69, 9.17) is 0 Å². The van der Waals surface area contributed by atoms with Crippen LogP contribution in [0.2, 0.25) is 0 Å². The molecule has 0 spiro atoms. The van der Waals surface area contributed by atoms with E-state index < -0.39 is 0 Å². The number of piperidine rings is 1. The molecule has 184 valence electrons. The highest BCUT2D eigenvalue weighted by atomic mass is 15.3. The van der Waals surface area contributed by atoms with E-state index in [0.29, 0.717) is 11.8 Å². The SMILES string of the molecule is Cc1c(-c2[nH]c3ccc(C4CCN(C5CCN(C)C5)CC4)cc3c2C(C)C)cn2ncnc2c1C. The van der Waals surface area contributed by atoms with Gasteiger partial charge < -0.3 is 9.88 Å². The molecule has 0 aliphatic carbocycles. The lowest BCUT2D eigenvalue weighted by atomic mass is 9.87. The molecule has 0 saturated carbocycles. The molecule has 1 unspecified atom stereocenters. The molecule has 1 N–H and O–H groups in total. The zero-order valence-corrected chi connectivity index (χ0v) is 21.8. The third-order valence-corrected chi connectivity index (χ3v) is 8.72. The number of nitrogens with one attached hydrogen (secondary N) is 1. The molecule has 6 nitrogen and oxygen atoms in total. The number of likely N-dealkylation sites (N-methyl/N-ethyl adjacent to an activating group) is 1. The number of nitrogens with zero attached hydrogens (tertiary/aromatic N) is 5. The van der Waals surface area contributed by atoms with Gasteiger partial charge in [-0.05, 0) is 106 Å². The molecule has 4 aromatic rings. The molecule has 2 fully saturated rings. The van der Waals surface area contributed by atoms with Gasteiger partial charge in [-0.1, -0.05) is 19.9 Å². The molecule has 2 saturated heterocycles. The fourth-order valence-electron chi connectivity index (χ4n) is 6.56. The molecule has 1 atom stereocenters. The molecular weight excluding hydrogens is 432 g/mol.